The van der Waals surface area contributed by atoms with E-state index in [0.29, 0.717) is 23.0 Å². The van der Waals surface area contributed by atoms with Crippen molar-refractivity contribution in [3.63, 3.8) is 0 Å². The minimum atomic E-state index is 0.496. The third-order valence-electron chi connectivity index (χ3n) is 3.54. The minimum Gasteiger partial charge on any atom is -0.176 e. The summed E-state index contributed by atoms with van der Waals surface area (Å²) in [6.07, 6.45) is 1.14. The lowest BCUT2D eigenvalue weighted by Crippen LogP contribution is -2.25. The third kappa shape index (κ3) is 3.28. The molecule has 1 aromatic rings. The Kier molecular flexibility index (Phi) is 5.40. The van der Waals surface area contributed by atoms with Crippen LogP contribution in [0.3, 0.4) is 0 Å². The molecule has 0 aliphatic heterocycles. The lowest BCUT2D eigenvalue weighted by molar-refractivity contribution is 0.318. The van der Waals surface area contributed by atoms with Gasteiger partial charge in [-0.3, -0.25) is 0 Å². The van der Waals surface area contributed by atoms with Gasteiger partial charge in [0, 0.05) is 5.25 Å². The minimum absolute atomic E-state index is 0.496. The van der Waals surface area contributed by atoms with Gasteiger partial charge in [0.1, 0.15) is 0 Å². The first-order valence-corrected chi connectivity index (χ1v) is 6.82. The summed E-state index contributed by atoms with van der Waals surface area (Å²) in [5, 5.41) is 0.496. The molecule has 0 aliphatic rings. The Morgan fingerprint density at radius 2 is 1.62 bits per heavy atom. The Bertz CT molecular complexity index is 292. The smallest absolute Gasteiger partial charge is 0.00506 e. The van der Waals surface area contributed by atoms with Crippen molar-refractivity contribution < 1.29 is 0 Å². The fourth-order valence-corrected chi connectivity index (χ4v) is 3.21. The summed E-state index contributed by atoms with van der Waals surface area (Å²) in [6.45, 7) is 9.18. The van der Waals surface area contributed by atoms with Gasteiger partial charge in [0.15, 0.2) is 0 Å². The van der Waals surface area contributed by atoms with Crippen molar-refractivity contribution >= 4 is 12.6 Å². The first kappa shape index (κ1) is 13.6. The zero-order valence-electron chi connectivity index (χ0n) is 10.9. The van der Waals surface area contributed by atoms with Crippen LogP contribution in [0.1, 0.15) is 45.6 Å². The van der Waals surface area contributed by atoms with Crippen molar-refractivity contribution in [2.45, 2.75) is 45.3 Å². The van der Waals surface area contributed by atoms with Crippen LogP contribution in [-0.2, 0) is 0 Å². The van der Waals surface area contributed by atoms with Crippen LogP contribution in [0, 0.1) is 11.8 Å². The number of hydrogen-bond acceptors (Lipinski definition) is 1. The van der Waals surface area contributed by atoms with E-state index in [1.54, 1.807) is 0 Å². The molecule has 16 heavy (non-hydrogen) atoms. The maximum Gasteiger partial charge on any atom is 0.00506 e. The highest BCUT2D eigenvalue weighted by Crippen LogP contribution is 2.35. The molecular formula is C15H24S. The number of hydrogen-bond donors (Lipinski definition) is 1. The molecule has 1 heteroatoms. The predicted octanol–water partition coefficient (Wildman–Crippen LogP) is 4.77. The van der Waals surface area contributed by atoms with E-state index in [1.165, 1.54) is 5.56 Å². The van der Waals surface area contributed by atoms with Gasteiger partial charge in [0.05, 0.1) is 0 Å². The molecule has 0 heterocycles. The van der Waals surface area contributed by atoms with Gasteiger partial charge in [-0.05, 0) is 29.7 Å². The average Bonchev–Trinajstić information content (AvgIpc) is 2.29. The number of rotatable bonds is 5. The quantitative estimate of drug-likeness (QED) is 0.699. The van der Waals surface area contributed by atoms with Crippen LogP contribution in [-0.4, -0.2) is 5.25 Å². The van der Waals surface area contributed by atoms with E-state index in [9.17, 15) is 0 Å². The van der Waals surface area contributed by atoms with Gasteiger partial charge in [0.2, 0.25) is 0 Å². The maximum atomic E-state index is 4.75. The van der Waals surface area contributed by atoms with Crippen molar-refractivity contribution in [3.8, 4) is 0 Å². The second-order valence-electron chi connectivity index (χ2n) is 5.00. The molecule has 0 saturated carbocycles. The van der Waals surface area contributed by atoms with Crippen LogP contribution in [0.2, 0.25) is 0 Å². The topological polar surface area (TPSA) is 0 Å². The van der Waals surface area contributed by atoms with Crippen LogP contribution in [0.4, 0.5) is 0 Å². The average molecular weight is 236 g/mol. The molecule has 0 amide bonds. The zero-order chi connectivity index (χ0) is 12.1. The molecule has 3 unspecified atom stereocenters. The van der Waals surface area contributed by atoms with E-state index >= 15 is 0 Å². The predicted molar refractivity (Wildman–Crippen MR) is 76.3 cm³/mol. The van der Waals surface area contributed by atoms with Gasteiger partial charge in [-0.15, -0.1) is 0 Å². The van der Waals surface area contributed by atoms with E-state index in [-0.39, 0.29) is 0 Å². The zero-order valence-corrected chi connectivity index (χ0v) is 11.7. The summed E-state index contributed by atoms with van der Waals surface area (Å²) < 4.78 is 0. The van der Waals surface area contributed by atoms with Gasteiger partial charge in [0.25, 0.3) is 0 Å². The van der Waals surface area contributed by atoms with E-state index < -0.39 is 0 Å². The fraction of sp³-hybridized carbons (Fsp3) is 0.600. The largest absolute Gasteiger partial charge is 0.176 e. The molecule has 3 atom stereocenters. The van der Waals surface area contributed by atoms with E-state index in [4.69, 9.17) is 12.6 Å². The van der Waals surface area contributed by atoms with Gasteiger partial charge in [-0.1, -0.05) is 58.0 Å². The maximum absolute atomic E-state index is 4.75. The van der Waals surface area contributed by atoms with Crippen LogP contribution < -0.4 is 0 Å². The molecule has 0 radical (unpaired) electrons. The van der Waals surface area contributed by atoms with Crippen molar-refractivity contribution in [2.24, 2.45) is 11.8 Å². The molecule has 0 aromatic heterocycles. The first-order chi connectivity index (χ1) is 7.57. The van der Waals surface area contributed by atoms with E-state index in [2.05, 4.69) is 58.0 Å². The molecule has 0 fully saturated rings. The Balaban J connectivity index is 2.87. The lowest BCUT2D eigenvalue weighted by atomic mass is 9.77. The monoisotopic (exact) mass is 236 g/mol. The Hall–Kier alpha value is -0.430. The van der Waals surface area contributed by atoms with Crippen molar-refractivity contribution in [2.75, 3.05) is 0 Å². The fourth-order valence-electron chi connectivity index (χ4n) is 2.61. The Morgan fingerprint density at radius 1 is 1.06 bits per heavy atom. The Labute approximate surface area is 106 Å². The summed E-state index contributed by atoms with van der Waals surface area (Å²) >= 11 is 4.75. The summed E-state index contributed by atoms with van der Waals surface area (Å²) in [5.41, 5.74) is 1.44. The highest BCUT2D eigenvalue weighted by Gasteiger charge is 2.27. The number of thiol groups is 1. The molecule has 0 nitrogen and oxygen atoms in total. The standard InChI is InChI=1S/C15H24S/c1-5-14(16)15(11(2)3)12(4)13-9-7-6-8-10-13/h6-12,14-16H,5H2,1-4H3. The normalized spacial score (nSPS) is 17.1. The highest BCUT2D eigenvalue weighted by molar-refractivity contribution is 7.81. The molecule has 0 bridgehead atoms. The van der Waals surface area contributed by atoms with Gasteiger partial charge >= 0.3 is 0 Å². The molecule has 0 spiro atoms. The summed E-state index contributed by atoms with van der Waals surface area (Å²) in [7, 11) is 0. The van der Waals surface area contributed by atoms with Crippen molar-refractivity contribution in [1.82, 2.24) is 0 Å². The van der Waals surface area contributed by atoms with Gasteiger partial charge < -0.3 is 0 Å². The molecule has 90 valence electrons. The molecule has 1 rings (SSSR count). The SMILES string of the molecule is CCC(S)C(C(C)C)C(C)c1ccccc1. The van der Waals surface area contributed by atoms with E-state index in [0.717, 1.165) is 6.42 Å². The third-order valence-corrected chi connectivity index (χ3v) is 4.24. The second kappa shape index (κ2) is 6.34. The molecule has 0 aliphatic carbocycles. The number of benzene rings is 1. The first-order valence-electron chi connectivity index (χ1n) is 6.30. The van der Waals surface area contributed by atoms with Crippen LogP contribution in [0.25, 0.3) is 0 Å². The summed E-state index contributed by atoms with van der Waals surface area (Å²) in [4.78, 5) is 0. The van der Waals surface area contributed by atoms with Crippen LogP contribution in [0.5, 0.6) is 0 Å². The molecular weight excluding hydrogens is 212 g/mol. The second-order valence-corrected chi connectivity index (χ2v) is 5.66. The highest BCUT2D eigenvalue weighted by atomic mass is 32.1. The summed E-state index contributed by atoms with van der Waals surface area (Å²) in [6, 6.07) is 10.8. The van der Waals surface area contributed by atoms with Crippen molar-refractivity contribution in [3.05, 3.63) is 35.9 Å². The molecule has 0 N–H and O–H groups in total. The molecule has 1 aromatic carbocycles. The molecule has 0 saturated heterocycles. The van der Waals surface area contributed by atoms with Crippen LogP contribution in [0.15, 0.2) is 30.3 Å². The van der Waals surface area contributed by atoms with E-state index in [1.807, 2.05) is 0 Å². The van der Waals surface area contributed by atoms with Crippen LogP contribution >= 0.6 is 12.6 Å². The van der Waals surface area contributed by atoms with Crippen molar-refractivity contribution in [1.29, 1.82) is 0 Å². The van der Waals surface area contributed by atoms with Gasteiger partial charge in [-0.2, -0.15) is 12.6 Å². The van der Waals surface area contributed by atoms with Gasteiger partial charge in [-0.25, -0.2) is 0 Å². The summed E-state index contributed by atoms with van der Waals surface area (Å²) in [5.74, 6) is 1.91. The lowest BCUT2D eigenvalue weighted by Gasteiger charge is -2.32. The Morgan fingerprint density at radius 3 is 2.06 bits per heavy atom.